The predicted molar refractivity (Wildman–Crippen MR) is 112 cm³/mol. The second-order valence-corrected chi connectivity index (χ2v) is 6.98. The van der Waals surface area contributed by atoms with Crippen LogP contribution < -0.4 is 15.4 Å². The summed E-state index contributed by atoms with van der Waals surface area (Å²) in [6, 6.07) is 12.1. The number of aromatic nitrogens is 2. The number of aliphatic imine (C=N–C) groups is 1. The molecule has 1 aromatic carbocycles. The van der Waals surface area contributed by atoms with Gasteiger partial charge in [-0.1, -0.05) is 12.1 Å². The maximum absolute atomic E-state index is 5.19. The number of methoxy groups -OCH3 is 1. The van der Waals surface area contributed by atoms with Crippen molar-refractivity contribution < 1.29 is 4.74 Å². The number of nitrogens with zero attached hydrogens (tertiary/aromatic N) is 3. The van der Waals surface area contributed by atoms with Crippen molar-refractivity contribution in [2.24, 2.45) is 4.99 Å². The highest BCUT2D eigenvalue weighted by Gasteiger charge is 2.03. The van der Waals surface area contributed by atoms with Crippen molar-refractivity contribution >= 4 is 27.5 Å². The van der Waals surface area contributed by atoms with Gasteiger partial charge in [0.1, 0.15) is 11.4 Å². The standard InChI is InChI=1S/C20H24BrN5O/c1-3-22-20(23-11-10-15-4-7-18(27-2)8-5-15)24-12-17-14-26-13-16(21)6-9-19(26)25-17/h4-9,13-14H,3,10-12H2,1-2H3,(H2,22,23,24). The van der Waals surface area contributed by atoms with Crippen molar-refractivity contribution in [3.8, 4) is 5.75 Å². The Morgan fingerprint density at radius 3 is 2.70 bits per heavy atom. The number of hydrogen-bond donors (Lipinski definition) is 2. The third kappa shape index (κ3) is 5.47. The largest absolute Gasteiger partial charge is 0.497 e. The van der Waals surface area contributed by atoms with E-state index in [2.05, 4.69) is 55.6 Å². The molecule has 3 aromatic rings. The van der Waals surface area contributed by atoms with E-state index in [-0.39, 0.29) is 0 Å². The fourth-order valence-corrected chi connectivity index (χ4v) is 3.07. The van der Waals surface area contributed by atoms with Gasteiger partial charge in [-0.25, -0.2) is 9.98 Å². The minimum atomic E-state index is 0.525. The van der Waals surface area contributed by atoms with Gasteiger partial charge >= 0.3 is 0 Å². The van der Waals surface area contributed by atoms with E-state index >= 15 is 0 Å². The first-order valence-electron chi connectivity index (χ1n) is 8.96. The highest BCUT2D eigenvalue weighted by molar-refractivity contribution is 9.10. The van der Waals surface area contributed by atoms with Gasteiger partial charge in [0.05, 0.1) is 19.3 Å². The van der Waals surface area contributed by atoms with E-state index in [1.807, 2.05) is 41.1 Å². The Balaban J connectivity index is 1.57. The van der Waals surface area contributed by atoms with E-state index in [1.54, 1.807) is 7.11 Å². The first kappa shape index (κ1) is 19.2. The van der Waals surface area contributed by atoms with Crippen LogP contribution in [0.4, 0.5) is 0 Å². The monoisotopic (exact) mass is 429 g/mol. The molecule has 0 unspecified atom stereocenters. The molecular weight excluding hydrogens is 406 g/mol. The third-order valence-corrected chi connectivity index (χ3v) is 4.54. The molecule has 0 aliphatic heterocycles. The summed E-state index contributed by atoms with van der Waals surface area (Å²) in [7, 11) is 1.68. The van der Waals surface area contributed by atoms with Crippen molar-refractivity contribution in [3.05, 3.63) is 64.5 Å². The number of imidazole rings is 1. The van der Waals surface area contributed by atoms with Gasteiger partial charge in [0.2, 0.25) is 0 Å². The Kier molecular flexibility index (Phi) is 6.70. The number of ether oxygens (including phenoxy) is 1. The number of halogens is 1. The first-order chi connectivity index (χ1) is 13.2. The van der Waals surface area contributed by atoms with Crippen molar-refractivity contribution in [2.75, 3.05) is 20.2 Å². The predicted octanol–water partition coefficient (Wildman–Crippen LogP) is 3.40. The van der Waals surface area contributed by atoms with Crippen LogP contribution in [0.2, 0.25) is 0 Å². The van der Waals surface area contributed by atoms with Crippen LogP contribution in [-0.4, -0.2) is 35.5 Å². The first-order valence-corrected chi connectivity index (χ1v) is 9.75. The average Bonchev–Trinajstić information content (AvgIpc) is 3.08. The second-order valence-electron chi connectivity index (χ2n) is 6.07. The Hall–Kier alpha value is -2.54. The van der Waals surface area contributed by atoms with Gasteiger partial charge in [0.15, 0.2) is 5.96 Å². The lowest BCUT2D eigenvalue weighted by Crippen LogP contribution is -2.38. The molecule has 2 N–H and O–H groups in total. The van der Waals surface area contributed by atoms with Gasteiger partial charge in [0, 0.05) is 30.0 Å². The van der Waals surface area contributed by atoms with Gasteiger partial charge < -0.3 is 19.8 Å². The van der Waals surface area contributed by atoms with Gasteiger partial charge in [-0.15, -0.1) is 0 Å². The Labute approximate surface area is 167 Å². The van der Waals surface area contributed by atoms with Crippen LogP contribution in [0, 0.1) is 0 Å². The number of benzene rings is 1. The molecule has 0 spiro atoms. The van der Waals surface area contributed by atoms with Crippen molar-refractivity contribution in [1.29, 1.82) is 0 Å². The molecule has 142 valence electrons. The van der Waals surface area contributed by atoms with Gasteiger partial charge in [-0.05, 0) is 59.1 Å². The van der Waals surface area contributed by atoms with E-state index in [0.717, 1.165) is 47.0 Å². The number of guanidine groups is 1. The zero-order chi connectivity index (χ0) is 19.1. The maximum atomic E-state index is 5.19. The molecule has 0 fully saturated rings. The summed E-state index contributed by atoms with van der Waals surface area (Å²) in [5, 5.41) is 6.65. The molecule has 0 saturated heterocycles. The summed E-state index contributed by atoms with van der Waals surface area (Å²) in [5.41, 5.74) is 3.10. The third-order valence-electron chi connectivity index (χ3n) is 4.07. The molecule has 0 radical (unpaired) electrons. The zero-order valence-corrected chi connectivity index (χ0v) is 17.2. The van der Waals surface area contributed by atoms with Gasteiger partial charge in [-0.2, -0.15) is 0 Å². The lowest BCUT2D eigenvalue weighted by molar-refractivity contribution is 0.414. The lowest BCUT2D eigenvalue weighted by atomic mass is 10.1. The maximum Gasteiger partial charge on any atom is 0.191 e. The van der Waals surface area contributed by atoms with Crippen LogP contribution in [0.5, 0.6) is 5.75 Å². The zero-order valence-electron chi connectivity index (χ0n) is 15.6. The molecule has 0 aliphatic rings. The summed E-state index contributed by atoms with van der Waals surface area (Å²) in [4.78, 5) is 9.24. The second kappa shape index (κ2) is 9.41. The Morgan fingerprint density at radius 2 is 1.96 bits per heavy atom. The summed E-state index contributed by atoms with van der Waals surface area (Å²) in [5.74, 6) is 1.67. The van der Waals surface area contributed by atoms with E-state index in [0.29, 0.717) is 6.54 Å². The molecule has 2 heterocycles. The Morgan fingerprint density at radius 1 is 1.15 bits per heavy atom. The van der Waals surface area contributed by atoms with Crippen molar-refractivity contribution in [2.45, 2.75) is 19.9 Å². The van der Waals surface area contributed by atoms with E-state index in [9.17, 15) is 0 Å². The highest BCUT2D eigenvalue weighted by atomic mass is 79.9. The van der Waals surface area contributed by atoms with Crippen LogP contribution in [0.3, 0.4) is 0 Å². The van der Waals surface area contributed by atoms with Crippen LogP contribution in [-0.2, 0) is 13.0 Å². The number of hydrogen-bond acceptors (Lipinski definition) is 3. The van der Waals surface area contributed by atoms with Crippen LogP contribution in [0.15, 0.2) is 58.3 Å². The van der Waals surface area contributed by atoms with E-state index in [4.69, 9.17) is 4.74 Å². The van der Waals surface area contributed by atoms with Crippen LogP contribution >= 0.6 is 15.9 Å². The molecule has 0 saturated carbocycles. The molecule has 27 heavy (non-hydrogen) atoms. The molecule has 0 amide bonds. The summed E-state index contributed by atoms with van der Waals surface area (Å²) in [6.07, 6.45) is 4.91. The fourth-order valence-electron chi connectivity index (χ4n) is 2.71. The molecule has 7 heteroatoms. The number of nitrogens with one attached hydrogen (secondary N) is 2. The quantitative estimate of drug-likeness (QED) is 0.446. The van der Waals surface area contributed by atoms with Gasteiger partial charge in [-0.3, -0.25) is 0 Å². The fraction of sp³-hybridized carbons (Fsp3) is 0.300. The van der Waals surface area contributed by atoms with E-state index < -0.39 is 0 Å². The summed E-state index contributed by atoms with van der Waals surface area (Å²) < 4.78 is 8.21. The summed E-state index contributed by atoms with van der Waals surface area (Å²) in [6.45, 7) is 4.20. The highest BCUT2D eigenvalue weighted by Crippen LogP contribution is 2.13. The molecule has 6 nitrogen and oxygen atoms in total. The Bertz CT molecular complexity index is 904. The van der Waals surface area contributed by atoms with Crippen molar-refractivity contribution in [1.82, 2.24) is 20.0 Å². The number of rotatable bonds is 7. The van der Waals surface area contributed by atoms with Gasteiger partial charge in [0.25, 0.3) is 0 Å². The van der Waals surface area contributed by atoms with E-state index in [1.165, 1.54) is 5.56 Å². The minimum Gasteiger partial charge on any atom is -0.497 e. The average molecular weight is 430 g/mol. The molecule has 0 atom stereocenters. The number of fused-ring (bicyclic) bond motifs is 1. The lowest BCUT2D eigenvalue weighted by Gasteiger charge is -2.11. The van der Waals surface area contributed by atoms with Crippen LogP contribution in [0.25, 0.3) is 5.65 Å². The summed E-state index contributed by atoms with van der Waals surface area (Å²) >= 11 is 3.48. The topological polar surface area (TPSA) is 63.0 Å². The minimum absolute atomic E-state index is 0.525. The molecule has 0 aliphatic carbocycles. The molecular formula is C20H24BrN5O. The number of pyridine rings is 1. The molecule has 3 rings (SSSR count). The molecule has 0 bridgehead atoms. The molecule has 2 aromatic heterocycles. The van der Waals surface area contributed by atoms with Crippen LogP contribution in [0.1, 0.15) is 18.2 Å². The van der Waals surface area contributed by atoms with Crippen molar-refractivity contribution in [3.63, 3.8) is 0 Å². The SMILES string of the molecule is CCNC(=NCc1cn2cc(Br)ccc2n1)NCCc1ccc(OC)cc1. The smallest absolute Gasteiger partial charge is 0.191 e. The normalized spacial score (nSPS) is 11.6.